The number of para-hydroxylation sites is 1. The maximum atomic E-state index is 9.30. The van der Waals surface area contributed by atoms with Gasteiger partial charge >= 0.3 is 0 Å². The summed E-state index contributed by atoms with van der Waals surface area (Å²) in [5.74, 6) is 0.218. The maximum absolute atomic E-state index is 9.30. The minimum Gasteiger partial charge on any atom is -0.506 e. The second kappa shape index (κ2) is 4.92. The van der Waals surface area contributed by atoms with E-state index >= 15 is 0 Å². The Morgan fingerprint density at radius 3 is 2.89 bits per heavy atom. The third-order valence-corrected chi connectivity index (χ3v) is 3.81. The molecule has 0 fully saturated rings. The van der Waals surface area contributed by atoms with Crippen LogP contribution >= 0.6 is 0 Å². The van der Waals surface area contributed by atoms with Crippen molar-refractivity contribution in [3.05, 3.63) is 53.9 Å². The smallest absolute Gasteiger partial charge is 0.133 e. The Morgan fingerprint density at radius 2 is 2.11 bits per heavy atom. The molecule has 3 nitrogen and oxygen atoms in total. The zero-order valence-corrected chi connectivity index (χ0v) is 11.1. The summed E-state index contributed by atoms with van der Waals surface area (Å²) >= 11 is 0. The fourth-order valence-electron chi connectivity index (χ4n) is 2.69. The quantitative estimate of drug-likeness (QED) is 0.894. The molecule has 1 unspecified atom stereocenters. The third-order valence-electron chi connectivity index (χ3n) is 3.81. The number of benzene rings is 1. The minimum absolute atomic E-state index is 0.218. The average molecular weight is 254 g/mol. The Labute approximate surface area is 113 Å². The van der Waals surface area contributed by atoms with Gasteiger partial charge in [-0.3, -0.25) is 4.98 Å². The van der Waals surface area contributed by atoms with Gasteiger partial charge in [-0.05, 0) is 43.5 Å². The molecule has 0 saturated heterocycles. The molecule has 0 bridgehead atoms. The summed E-state index contributed by atoms with van der Waals surface area (Å²) in [6.45, 7) is 3.05. The van der Waals surface area contributed by atoms with Gasteiger partial charge in [0.2, 0.25) is 0 Å². The SMILES string of the molecule is CC1CCc2ccccc2N1Cc1ccc(O)cn1. The largest absolute Gasteiger partial charge is 0.506 e. The lowest BCUT2D eigenvalue weighted by molar-refractivity contribution is 0.471. The maximum Gasteiger partial charge on any atom is 0.133 e. The highest BCUT2D eigenvalue weighted by atomic mass is 16.3. The molecule has 0 amide bonds. The molecule has 3 rings (SSSR count). The van der Waals surface area contributed by atoms with Crippen LogP contribution in [0.3, 0.4) is 0 Å². The first kappa shape index (κ1) is 12.0. The monoisotopic (exact) mass is 254 g/mol. The molecule has 0 radical (unpaired) electrons. The van der Waals surface area contributed by atoms with Gasteiger partial charge < -0.3 is 10.0 Å². The molecule has 1 aliphatic rings. The van der Waals surface area contributed by atoms with Gasteiger partial charge in [0.1, 0.15) is 5.75 Å². The number of nitrogens with zero attached hydrogens (tertiary/aromatic N) is 2. The van der Waals surface area contributed by atoms with Gasteiger partial charge in [0.05, 0.1) is 18.4 Å². The summed E-state index contributed by atoms with van der Waals surface area (Å²) < 4.78 is 0. The molecule has 0 saturated carbocycles. The van der Waals surface area contributed by atoms with E-state index in [-0.39, 0.29) is 5.75 Å². The highest BCUT2D eigenvalue weighted by molar-refractivity contribution is 5.56. The summed E-state index contributed by atoms with van der Waals surface area (Å²) in [4.78, 5) is 6.69. The number of aromatic nitrogens is 1. The van der Waals surface area contributed by atoms with E-state index in [9.17, 15) is 5.11 Å². The van der Waals surface area contributed by atoms with Gasteiger partial charge in [-0.2, -0.15) is 0 Å². The van der Waals surface area contributed by atoms with E-state index in [1.165, 1.54) is 23.9 Å². The van der Waals surface area contributed by atoms with Crippen molar-refractivity contribution in [2.45, 2.75) is 32.4 Å². The van der Waals surface area contributed by atoms with Crippen molar-refractivity contribution in [2.24, 2.45) is 0 Å². The number of aryl methyl sites for hydroxylation is 1. The standard InChI is InChI=1S/C16H18N2O/c1-12-6-7-13-4-2-3-5-16(13)18(12)11-14-8-9-15(19)10-17-14/h2-5,8-10,12,19H,6-7,11H2,1H3. The van der Waals surface area contributed by atoms with Crippen LogP contribution in [0.4, 0.5) is 5.69 Å². The lowest BCUT2D eigenvalue weighted by Gasteiger charge is -2.36. The molecule has 1 aromatic carbocycles. The molecule has 0 aliphatic carbocycles. The molecule has 1 aromatic heterocycles. The molecule has 3 heteroatoms. The predicted molar refractivity (Wildman–Crippen MR) is 76.3 cm³/mol. The van der Waals surface area contributed by atoms with E-state index in [0.717, 1.165) is 18.7 Å². The van der Waals surface area contributed by atoms with Crippen LogP contribution in [0, 0.1) is 0 Å². The summed E-state index contributed by atoms with van der Waals surface area (Å²) in [5.41, 5.74) is 3.72. The molecular formula is C16H18N2O. The fraction of sp³-hybridized carbons (Fsp3) is 0.312. The zero-order valence-electron chi connectivity index (χ0n) is 11.1. The van der Waals surface area contributed by atoms with Crippen LogP contribution in [0.15, 0.2) is 42.6 Å². The second-order valence-corrected chi connectivity index (χ2v) is 5.15. The van der Waals surface area contributed by atoms with Crippen molar-refractivity contribution in [1.29, 1.82) is 0 Å². The van der Waals surface area contributed by atoms with Crippen molar-refractivity contribution >= 4 is 5.69 Å². The van der Waals surface area contributed by atoms with E-state index < -0.39 is 0 Å². The van der Waals surface area contributed by atoms with Crippen LogP contribution in [-0.4, -0.2) is 16.1 Å². The van der Waals surface area contributed by atoms with Crippen molar-refractivity contribution in [3.8, 4) is 5.75 Å². The molecule has 1 N–H and O–H groups in total. The van der Waals surface area contributed by atoms with Crippen molar-refractivity contribution in [1.82, 2.24) is 4.98 Å². The molecule has 98 valence electrons. The summed E-state index contributed by atoms with van der Waals surface area (Å²) in [6, 6.07) is 12.7. The van der Waals surface area contributed by atoms with Crippen molar-refractivity contribution in [3.63, 3.8) is 0 Å². The van der Waals surface area contributed by atoms with Crippen LogP contribution in [0.1, 0.15) is 24.6 Å². The normalized spacial score (nSPS) is 18.2. The van der Waals surface area contributed by atoms with Crippen LogP contribution in [0.2, 0.25) is 0 Å². The van der Waals surface area contributed by atoms with Gasteiger partial charge in [-0.1, -0.05) is 18.2 Å². The molecule has 1 atom stereocenters. The molecule has 19 heavy (non-hydrogen) atoms. The van der Waals surface area contributed by atoms with E-state index in [0.29, 0.717) is 6.04 Å². The van der Waals surface area contributed by atoms with Gasteiger partial charge in [0, 0.05) is 11.7 Å². The predicted octanol–water partition coefficient (Wildman–Crippen LogP) is 3.13. The van der Waals surface area contributed by atoms with E-state index in [1.807, 2.05) is 6.07 Å². The fourth-order valence-corrected chi connectivity index (χ4v) is 2.69. The molecule has 2 aromatic rings. The van der Waals surface area contributed by atoms with Gasteiger partial charge in [0.15, 0.2) is 0 Å². The van der Waals surface area contributed by atoms with E-state index in [1.54, 1.807) is 6.07 Å². The number of fused-ring (bicyclic) bond motifs is 1. The number of hydrogen-bond acceptors (Lipinski definition) is 3. The van der Waals surface area contributed by atoms with Crippen molar-refractivity contribution < 1.29 is 5.11 Å². The van der Waals surface area contributed by atoms with E-state index in [4.69, 9.17) is 0 Å². The Hall–Kier alpha value is -2.03. The first-order valence-electron chi connectivity index (χ1n) is 6.72. The highest BCUT2D eigenvalue weighted by Gasteiger charge is 2.22. The molecule has 1 aliphatic heterocycles. The molecule has 2 heterocycles. The van der Waals surface area contributed by atoms with Crippen LogP contribution in [0.5, 0.6) is 5.75 Å². The highest BCUT2D eigenvalue weighted by Crippen LogP contribution is 2.31. The van der Waals surface area contributed by atoms with Gasteiger partial charge in [0.25, 0.3) is 0 Å². The summed E-state index contributed by atoms with van der Waals surface area (Å²) in [5, 5.41) is 9.30. The lowest BCUT2D eigenvalue weighted by atomic mass is 9.96. The number of pyridine rings is 1. The molecular weight excluding hydrogens is 236 g/mol. The van der Waals surface area contributed by atoms with Crippen LogP contribution < -0.4 is 4.90 Å². The minimum atomic E-state index is 0.218. The molecule has 0 spiro atoms. The van der Waals surface area contributed by atoms with Crippen molar-refractivity contribution in [2.75, 3.05) is 4.90 Å². The zero-order chi connectivity index (χ0) is 13.2. The lowest BCUT2D eigenvalue weighted by Crippen LogP contribution is -2.36. The number of rotatable bonds is 2. The van der Waals surface area contributed by atoms with Gasteiger partial charge in [-0.15, -0.1) is 0 Å². The first-order valence-corrected chi connectivity index (χ1v) is 6.72. The topological polar surface area (TPSA) is 36.4 Å². The number of aromatic hydroxyl groups is 1. The average Bonchev–Trinajstić information content (AvgIpc) is 2.44. The third kappa shape index (κ3) is 2.41. The number of hydrogen-bond donors (Lipinski definition) is 1. The Bertz CT molecular complexity index is 565. The second-order valence-electron chi connectivity index (χ2n) is 5.15. The first-order chi connectivity index (χ1) is 9.24. The Morgan fingerprint density at radius 1 is 1.26 bits per heavy atom. The van der Waals surface area contributed by atoms with Crippen LogP contribution in [0.25, 0.3) is 0 Å². The summed E-state index contributed by atoms with van der Waals surface area (Å²) in [6.07, 6.45) is 3.84. The number of anilines is 1. The summed E-state index contributed by atoms with van der Waals surface area (Å²) in [7, 11) is 0. The Kier molecular flexibility index (Phi) is 3.11. The van der Waals surface area contributed by atoms with E-state index in [2.05, 4.69) is 41.1 Å². The van der Waals surface area contributed by atoms with Gasteiger partial charge in [-0.25, -0.2) is 0 Å². The Balaban J connectivity index is 1.89. The van der Waals surface area contributed by atoms with Crippen LogP contribution in [-0.2, 0) is 13.0 Å².